The van der Waals surface area contributed by atoms with Crippen LogP contribution in [0.5, 0.6) is 0 Å². The number of aryl methyl sites for hydroxylation is 1. The van der Waals surface area contributed by atoms with Crippen molar-refractivity contribution in [2.75, 3.05) is 0 Å². The summed E-state index contributed by atoms with van der Waals surface area (Å²) < 4.78 is 1.79. The first-order valence-corrected chi connectivity index (χ1v) is 4.47. The van der Waals surface area contributed by atoms with Gasteiger partial charge in [0.05, 0.1) is 11.8 Å². The molecule has 3 heteroatoms. The molecule has 0 saturated heterocycles. The minimum absolute atomic E-state index is 0.0184. The molecule has 0 radical (unpaired) electrons. The highest BCUT2D eigenvalue weighted by atomic mass is 16.1. The molecule has 0 aliphatic rings. The number of hydrogen-bond acceptors (Lipinski definition) is 2. The second kappa shape index (κ2) is 4.60. The second-order valence-corrected chi connectivity index (χ2v) is 2.86. The molecule has 3 nitrogen and oxygen atoms in total. The number of carbonyl (C=O) groups is 1. The van der Waals surface area contributed by atoms with E-state index in [0.29, 0.717) is 5.56 Å². The highest BCUT2D eigenvalue weighted by Crippen LogP contribution is 2.00. The smallest absolute Gasteiger partial charge is 0.188 e. The van der Waals surface area contributed by atoms with Gasteiger partial charge in [0.25, 0.3) is 0 Å². The summed E-state index contributed by atoms with van der Waals surface area (Å²) in [6, 6.07) is 0. The van der Waals surface area contributed by atoms with Crippen molar-refractivity contribution in [2.24, 2.45) is 0 Å². The van der Waals surface area contributed by atoms with Crippen LogP contribution in [0.3, 0.4) is 0 Å². The Balaban J connectivity index is 2.73. The van der Waals surface area contributed by atoms with E-state index in [0.717, 1.165) is 13.0 Å². The molecule has 13 heavy (non-hydrogen) atoms. The van der Waals surface area contributed by atoms with E-state index in [1.54, 1.807) is 29.2 Å². The van der Waals surface area contributed by atoms with Gasteiger partial charge in [0.2, 0.25) is 0 Å². The van der Waals surface area contributed by atoms with Crippen LogP contribution in [0.25, 0.3) is 0 Å². The number of allylic oxidation sites excluding steroid dienone is 2. The quantitative estimate of drug-likeness (QED) is 0.522. The number of nitrogens with zero attached hydrogens (tertiary/aromatic N) is 2. The van der Waals surface area contributed by atoms with Gasteiger partial charge in [-0.2, -0.15) is 5.10 Å². The molecular weight excluding hydrogens is 164 g/mol. The van der Waals surface area contributed by atoms with Gasteiger partial charge in [-0.1, -0.05) is 13.0 Å². The molecule has 1 rings (SSSR count). The van der Waals surface area contributed by atoms with Crippen molar-refractivity contribution in [3.05, 3.63) is 30.1 Å². The zero-order chi connectivity index (χ0) is 9.68. The summed E-state index contributed by atoms with van der Waals surface area (Å²) in [4.78, 5) is 11.3. The molecule has 1 aromatic rings. The normalized spacial score (nSPS) is 10.9. The monoisotopic (exact) mass is 178 g/mol. The van der Waals surface area contributed by atoms with Gasteiger partial charge in [0.1, 0.15) is 0 Å². The summed E-state index contributed by atoms with van der Waals surface area (Å²) >= 11 is 0. The summed E-state index contributed by atoms with van der Waals surface area (Å²) in [5.74, 6) is 0.0184. The van der Waals surface area contributed by atoms with Gasteiger partial charge in [0.15, 0.2) is 5.78 Å². The third kappa shape index (κ3) is 2.54. The Morgan fingerprint density at radius 2 is 2.46 bits per heavy atom. The number of aromatic nitrogens is 2. The Labute approximate surface area is 78.1 Å². The molecule has 0 aliphatic heterocycles. The molecular formula is C10H14N2O. The molecule has 0 aliphatic carbocycles. The minimum atomic E-state index is 0.0184. The van der Waals surface area contributed by atoms with E-state index in [4.69, 9.17) is 0 Å². The third-order valence-electron chi connectivity index (χ3n) is 1.69. The Bertz CT molecular complexity index is 312. The molecule has 0 unspecified atom stereocenters. The van der Waals surface area contributed by atoms with E-state index < -0.39 is 0 Å². The van der Waals surface area contributed by atoms with Crippen molar-refractivity contribution >= 4 is 5.78 Å². The van der Waals surface area contributed by atoms with Crippen molar-refractivity contribution in [1.29, 1.82) is 0 Å². The molecule has 0 saturated carbocycles. The largest absolute Gasteiger partial charge is 0.289 e. The molecule has 0 spiro atoms. The lowest BCUT2D eigenvalue weighted by atomic mass is 10.2. The average molecular weight is 178 g/mol. The van der Waals surface area contributed by atoms with Gasteiger partial charge in [-0.15, -0.1) is 0 Å². The van der Waals surface area contributed by atoms with Gasteiger partial charge < -0.3 is 0 Å². The topological polar surface area (TPSA) is 34.9 Å². The maximum Gasteiger partial charge on any atom is 0.188 e. The van der Waals surface area contributed by atoms with Crippen molar-refractivity contribution in [3.63, 3.8) is 0 Å². The summed E-state index contributed by atoms with van der Waals surface area (Å²) in [5.41, 5.74) is 0.659. The predicted octanol–water partition coefficient (Wildman–Crippen LogP) is 2.05. The fraction of sp³-hybridized carbons (Fsp3) is 0.400. The van der Waals surface area contributed by atoms with Gasteiger partial charge in [-0.05, 0) is 19.4 Å². The van der Waals surface area contributed by atoms with E-state index >= 15 is 0 Å². The number of hydrogen-bond donors (Lipinski definition) is 0. The van der Waals surface area contributed by atoms with Crippen LogP contribution in [-0.2, 0) is 6.54 Å². The van der Waals surface area contributed by atoms with Crippen molar-refractivity contribution < 1.29 is 4.79 Å². The predicted molar refractivity (Wildman–Crippen MR) is 51.7 cm³/mol. The van der Waals surface area contributed by atoms with Crippen LogP contribution in [0, 0.1) is 0 Å². The van der Waals surface area contributed by atoms with E-state index in [1.165, 1.54) is 0 Å². The highest BCUT2D eigenvalue weighted by Gasteiger charge is 2.03. The fourth-order valence-electron chi connectivity index (χ4n) is 1.09. The van der Waals surface area contributed by atoms with Gasteiger partial charge in [0, 0.05) is 12.7 Å². The molecule has 0 aromatic carbocycles. The molecule has 0 bridgehead atoms. The first-order chi connectivity index (χ1) is 6.27. The summed E-state index contributed by atoms with van der Waals surface area (Å²) in [6.07, 6.45) is 7.70. The molecule has 0 amide bonds. The first kappa shape index (κ1) is 9.71. The van der Waals surface area contributed by atoms with Gasteiger partial charge in [-0.3, -0.25) is 9.48 Å². The maximum absolute atomic E-state index is 11.3. The molecule has 1 aromatic heterocycles. The second-order valence-electron chi connectivity index (χ2n) is 2.86. The third-order valence-corrected chi connectivity index (χ3v) is 1.69. The standard InChI is InChI=1S/C10H14N2O/c1-3-5-10(13)9-7-11-12(8-9)6-4-2/h3,5,7-8H,4,6H2,1-2H3/b5-3+. The SMILES string of the molecule is C/C=C/C(=O)c1cnn(CCC)c1. The Kier molecular flexibility index (Phi) is 3.43. The zero-order valence-electron chi connectivity index (χ0n) is 8.03. The van der Waals surface area contributed by atoms with Crippen LogP contribution in [-0.4, -0.2) is 15.6 Å². The summed E-state index contributed by atoms with van der Waals surface area (Å²) in [6.45, 7) is 4.77. The van der Waals surface area contributed by atoms with Crippen LogP contribution >= 0.6 is 0 Å². The van der Waals surface area contributed by atoms with E-state index in [1.807, 2.05) is 6.92 Å². The lowest BCUT2D eigenvalue weighted by Crippen LogP contribution is -1.96. The van der Waals surface area contributed by atoms with E-state index in [9.17, 15) is 4.79 Å². The maximum atomic E-state index is 11.3. The van der Waals surface area contributed by atoms with Crippen LogP contribution in [0.2, 0.25) is 0 Å². The van der Waals surface area contributed by atoms with Crippen LogP contribution in [0.1, 0.15) is 30.6 Å². The van der Waals surface area contributed by atoms with Crippen molar-refractivity contribution in [2.45, 2.75) is 26.8 Å². The van der Waals surface area contributed by atoms with Crippen molar-refractivity contribution in [3.8, 4) is 0 Å². The molecule has 0 atom stereocenters. The van der Waals surface area contributed by atoms with Crippen LogP contribution in [0.4, 0.5) is 0 Å². The summed E-state index contributed by atoms with van der Waals surface area (Å²) in [5, 5.41) is 4.07. The molecule has 70 valence electrons. The Hall–Kier alpha value is -1.38. The Morgan fingerprint density at radius 1 is 1.69 bits per heavy atom. The van der Waals surface area contributed by atoms with Gasteiger partial charge >= 0.3 is 0 Å². The van der Waals surface area contributed by atoms with E-state index in [-0.39, 0.29) is 5.78 Å². The molecule has 1 heterocycles. The fourth-order valence-corrected chi connectivity index (χ4v) is 1.09. The van der Waals surface area contributed by atoms with Crippen LogP contribution < -0.4 is 0 Å². The minimum Gasteiger partial charge on any atom is -0.289 e. The number of rotatable bonds is 4. The first-order valence-electron chi connectivity index (χ1n) is 4.47. The van der Waals surface area contributed by atoms with E-state index in [2.05, 4.69) is 12.0 Å². The van der Waals surface area contributed by atoms with Crippen molar-refractivity contribution in [1.82, 2.24) is 9.78 Å². The van der Waals surface area contributed by atoms with Gasteiger partial charge in [-0.25, -0.2) is 0 Å². The average Bonchev–Trinajstić information content (AvgIpc) is 2.54. The number of carbonyl (C=O) groups excluding carboxylic acids is 1. The number of ketones is 1. The molecule has 0 fully saturated rings. The van der Waals surface area contributed by atoms with Crippen LogP contribution in [0.15, 0.2) is 24.5 Å². The zero-order valence-corrected chi connectivity index (χ0v) is 8.03. The highest BCUT2D eigenvalue weighted by molar-refractivity contribution is 6.04. The lowest BCUT2D eigenvalue weighted by Gasteiger charge is -1.94. The molecule has 0 N–H and O–H groups in total. The lowest BCUT2D eigenvalue weighted by molar-refractivity contribution is 0.104. The summed E-state index contributed by atoms with van der Waals surface area (Å²) in [7, 11) is 0. The Morgan fingerprint density at radius 3 is 3.08 bits per heavy atom.